The minimum absolute atomic E-state index is 0.251. The van der Waals surface area contributed by atoms with E-state index in [0.29, 0.717) is 30.8 Å². The lowest BCUT2D eigenvalue weighted by molar-refractivity contribution is -0.238. The largest absolute Gasteiger partial charge is 0.414 e. The standard InChI is InChI=1S/C31H50O3Si/c1-27(2,3)35(6,7)34-24-15-17-28(4)23(21-24)13-14-26-25(28)16-18-29(5)30(32,19-20-31(26,29)33)22-11-9-8-10-12-22/h8-12,23-26,32-33H,13-21H2,1-7H3/t23?,24?,25-,26-,28+,29-,30?,31-/m1/s1. The summed E-state index contributed by atoms with van der Waals surface area (Å²) in [5.74, 6) is 1.53. The van der Waals surface area contributed by atoms with E-state index in [1.807, 2.05) is 18.2 Å². The van der Waals surface area contributed by atoms with Crippen LogP contribution in [0.15, 0.2) is 30.3 Å². The molecule has 4 aliphatic carbocycles. The molecule has 35 heavy (non-hydrogen) atoms. The molecule has 4 saturated carbocycles. The summed E-state index contributed by atoms with van der Waals surface area (Å²) in [6, 6.07) is 10.2. The van der Waals surface area contributed by atoms with E-state index in [4.69, 9.17) is 4.43 Å². The van der Waals surface area contributed by atoms with Crippen molar-refractivity contribution in [2.75, 3.05) is 0 Å². The summed E-state index contributed by atoms with van der Waals surface area (Å²) in [7, 11) is -1.76. The van der Waals surface area contributed by atoms with Crippen molar-refractivity contribution in [1.82, 2.24) is 0 Å². The molecule has 4 aliphatic rings. The molecule has 3 nitrogen and oxygen atoms in total. The Kier molecular flexibility index (Phi) is 6.05. The van der Waals surface area contributed by atoms with Crippen LogP contribution in [0.2, 0.25) is 18.1 Å². The maximum atomic E-state index is 12.5. The fourth-order valence-electron chi connectivity index (χ4n) is 9.08. The van der Waals surface area contributed by atoms with Gasteiger partial charge in [-0.2, -0.15) is 0 Å². The Morgan fingerprint density at radius 2 is 1.54 bits per heavy atom. The van der Waals surface area contributed by atoms with E-state index in [1.165, 1.54) is 19.3 Å². The molecule has 0 aromatic heterocycles. The molecular formula is C31H50O3Si. The van der Waals surface area contributed by atoms with Gasteiger partial charge in [-0.3, -0.25) is 0 Å². The minimum Gasteiger partial charge on any atom is -0.414 e. The number of benzene rings is 1. The van der Waals surface area contributed by atoms with Crippen LogP contribution in [-0.2, 0) is 10.0 Å². The molecule has 0 bridgehead atoms. The van der Waals surface area contributed by atoms with Crippen molar-refractivity contribution in [1.29, 1.82) is 0 Å². The zero-order valence-electron chi connectivity index (χ0n) is 23.4. The molecule has 0 heterocycles. The van der Waals surface area contributed by atoms with Crippen molar-refractivity contribution in [2.45, 2.75) is 128 Å². The van der Waals surface area contributed by atoms with Crippen molar-refractivity contribution in [3.05, 3.63) is 35.9 Å². The van der Waals surface area contributed by atoms with Crippen molar-refractivity contribution >= 4 is 8.32 Å². The molecule has 2 N–H and O–H groups in total. The van der Waals surface area contributed by atoms with Gasteiger partial charge in [-0.25, -0.2) is 0 Å². The van der Waals surface area contributed by atoms with Gasteiger partial charge in [0, 0.05) is 11.5 Å². The predicted octanol–water partition coefficient (Wildman–Crippen LogP) is 7.42. The monoisotopic (exact) mass is 498 g/mol. The van der Waals surface area contributed by atoms with Crippen molar-refractivity contribution < 1.29 is 14.6 Å². The van der Waals surface area contributed by atoms with E-state index in [9.17, 15) is 10.2 Å². The van der Waals surface area contributed by atoms with Crippen molar-refractivity contribution in [2.24, 2.45) is 28.6 Å². The molecule has 0 amide bonds. The van der Waals surface area contributed by atoms with Gasteiger partial charge >= 0.3 is 0 Å². The summed E-state index contributed by atoms with van der Waals surface area (Å²) in [4.78, 5) is 0. The maximum absolute atomic E-state index is 12.5. The number of aliphatic hydroxyl groups is 2. The molecule has 1 aromatic carbocycles. The first-order valence-electron chi connectivity index (χ1n) is 14.4. The summed E-state index contributed by atoms with van der Waals surface area (Å²) < 4.78 is 6.91. The zero-order valence-corrected chi connectivity index (χ0v) is 24.4. The van der Waals surface area contributed by atoms with Crippen LogP contribution >= 0.6 is 0 Å². The molecule has 0 saturated heterocycles. The minimum atomic E-state index is -1.76. The summed E-state index contributed by atoms with van der Waals surface area (Å²) in [6.45, 7) is 16.6. The Hall–Kier alpha value is -0.683. The number of hydrogen-bond acceptors (Lipinski definition) is 3. The van der Waals surface area contributed by atoms with Gasteiger partial charge in [0.2, 0.25) is 0 Å². The average Bonchev–Trinajstić information content (AvgIpc) is 3.01. The Balaban J connectivity index is 1.38. The highest BCUT2D eigenvalue weighted by Crippen LogP contribution is 2.71. The van der Waals surface area contributed by atoms with Crippen LogP contribution < -0.4 is 0 Å². The lowest BCUT2D eigenvalue weighted by Crippen LogP contribution is -2.64. The van der Waals surface area contributed by atoms with E-state index in [-0.39, 0.29) is 16.4 Å². The normalized spacial score (nSPS) is 46.0. The van der Waals surface area contributed by atoms with Crippen LogP contribution in [0.1, 0.15) is 98.0 Å². The Morgan fingerprint density at radius 3 is 2.20 bits per heavy atom. The van der Waals surface area contributed by atoms with Crippen LogP contribution in [0.5, 0.6) is 0 Å². The topological polar surface area (TPSA) is 49.7 Å². The molecular weight excluding hydrogens is 448 g/mol. The molecule has 5 rings (SSSR count). The second-order valence-electron chi connectivity index (χ2n) is 14.8. The third kappa shape index (κ3) is 3.60. The van der Waals surface area contributed by atoms with Gasteiger partial charge < -0.3 is 14.6 Å². The average molecular weight is 499 g/mol. The first kappa shape index (κ1) is 25.9. The molecule has 8 atom stereocenters. The van der Waals surface area contributed by atoms with Crippen LogP contribution in [0.25, 0.3) is 0 Å². The fraction of sp³-hybridized carbons (Fsp3) is 0.806. The van der Waals surface area contributed by atoms with Crippen LogP contribution in [0.3, 0.4) is 0 Å². The van der Waals surface area contributed by atoms with Gasteiger partial charge in [-0.15, -0.1) is 0 Å². The first-order valence-corrected chi connectivity index (χ1v) is 17.3. The zero-order chi connectivity index (χ0) is 25.5. The lowest BCUT2D eigenvalue weighted by Gasteiger charge is -2.64. The Labute approximate surface area is 215 Å². The summed E-state index contributed by atoms with van der Waals surface area (Å²) in [5.41, 5.74) is -0.960. The molecule has 3 unspecified atom stereocenters. The van der Waals surface area contributed by atoms with Gasteiger partial charge in [0.05, 0.1) is 11.2 Å². The number of fused-ring (bicyclic) bond motifs is 5. The van der Waals surface area contributed by atoms with Gasteiger partial charge in [-0.1, -0.05) is 65.0 Å². The summed E-state index contributed by atoms with van der Waals surface area (Å²) in [5, 5.41) is 24.8. The maximum Gasteiger partial charge on any atom is 0.192 e. The van der Waals surface area contributed by atoms with E-state index >= 15 is 0 Å². The highest BCUT2D eigenvalue weighted by molar-refractivity contribution is 6.74. The second-order valence-corrected chi connectivity index (χ2v) is 19.5. The molecule has 1 aromatic rings. The van der Waals surface area contributed by atoms with E-state index in [0.717, 1.165) is 31.2 Å². The van der Waals surface area contributed by atoms with Crippen LogP contribution in [-0.4, -0.2) is 30.2 Å². The third-order valence-electron chi connectivity index (χ3n) is 12.5. The molecule has 4 heteroatoms. The first-order chi connectivity index (χ1) is 16.2. The van der Waals surface area contributed by atoms with Crippen molar-refractivity contribution in [3.63, 3.8) is 0 Å². The Bertz CT molecular complexity index is 940. The molecule has 0 radical (unpaired) electrons. The van der Waals surface area contributed by atoms with E-state index in [1.54, 1.807) is 0 Å². The van der Waals surface area contributed by atoms with E-state index < -0.39 is 24.9 Å². The van der Waals surface area contributed by atoms with Crippen molar-refractivity contribution in [3.8, 4) is 0 Å². The van der Waals surface area contributed by atoms with Gasteiger partial charge in [0.25, 0.3) is 0 Å². The van der Waals surface area contributed by atoms with Gasteiger partial charge in [-0.05, 0) is 105 Å². The lowest BCUT2D eigenvalue weighted by atomic mass is 9.43. The number of rotatable bonds is 3. The third-order valence-corrected chi connectivity index (χ3v) is 17.0. The fourth-order valence-corrected chi connectivity index (χ4v) is 10.5. The summed E-state index contributed by atoms with van der Waals surface area (Å²) in [6.07, 6.45) is 9.66. The van der Waals surface area contributed by atoms with Crippen LogP contribution in [0, 0.1) is 28.6 Å². The molecule has 196 valence electrons. The van der Waals surface area contributed by atoms with E-state index in [2.05, 4.69) is 59.8 Å². The molecule has 4 fully saturated rings. The highest BCUT2D eigenvalue weighted by Gasteiger charge is 2.72. The molecule has 0 aliphatic heterocycles. The Morgan fingerprint density at radius 1 is 0.857 bits per heavy atom. The smallest absolute Gasteiger partial charge is 0.192 e. The predicted molar refractivity (Wildman–Crippen MR) is 146 cm³/mol. The SMILES string of the molecule is CC(C)(C)[Si](C)(C)OC1CC[C@@]2(C)C(CC[C@@H]3[C@H]2CC[C@]2(C)C(O)(c4ccccc4)CC[C@@]32O)C1. The quantitative estimate of drug-likeness (QED) is 0.426. The van der Waals surface area contributed by atoms with Crippen LogP contribution in [0.4, 0.5) is 0 Å². The highest BCUT2D eigenvalue weighted by atomic mass is 28.4. The number of hydrogen-bond donors (Lipinski definition) is 2. The second kappa shape index (κ2) is 8.16. The van der Waals surface area contributed by atoms with Gasteiger partial charge in [0.15, 0.2) is 8.32 Å². The summed E-state index contributed by atoms with van der Waals surface area (Å²) >= 11 is 0. The van der Waals surface area contributed by atoms with Gasteiger partial charge in [0.1, 0.15) is 0 Å². The molecule has 0 spiro atoms.